The lowest BCUT2D eigenvalue weighted by Gasteiger charge is -2.22. The minimum atomic E-state index is -0.0651. The van der Waals surface area contributed by atoms with E-state index in [4.69, 9.17) is 14.2 Å². The highest BCUT2D eigenvalue weighted by Gasteiger charge is 2.18. The summed E-state index contributed by atoms with van der Waals surface area (Å²) >= 11 is 0. The van der Waals surface area contributed by atoms with E-state index in [1.165, 1.54) is 0 Å². The van der Waals surface area contributed by atoms with Crippen molar-refractivity contribution < 1.29 is 19.0 Å². The molecule has 2 aromatic carbocycles. The minimum Gasteiger partial charge on any atom is -0.496 e. The van der Waals surface area contributed by atoms with Gasteiger partial charge in [0.2, 0.25) is 0 Å². The predicted octanol–water partition coefficient (Wildman–Crippen LogP) is 3.37. The first-order chi connectivity index (χ1) is 11.6. The lowest BCUT2D eigenvalue weighted by molar-refractivity contribution is 0.0749. The molecule has 0 radical (unpaired) electrons. The van der Waals surface area contributed by atoms with Gasteiger partial charge in [-0.2, -0.15) is 0 Å². The Morgan fingerprint density at radius 1 is 0.917 bits per heavy atom. The molecular weight excluding hydrogens is 306 g/mol. The maximum Gasteiger partial charge on any atom is 0.257 e. The van der Waals surface area contributed by atoms with E-state index in [0.29, 0.717) is 35.9 Å². The van der Waals surface area contributed by atoms with E-state index >= 15 is 0 Å². The Morgan fingerprint density at radius 3 is 2.21 bits per heavy atom. The van der Waals surface area contributed by atoms with Gasteiger partial charge in [-0.3, -0.25) is 4.79 Å². The molecule has 2 aromatic rings. The largest absolute Gasteiger partial charge is 0.496 e. The smallest absolute Gasteiger partial charge is 0.257 e. The number of benzene rings is 2. The Labute approximate surface area is 142 Å². The van der Waals surface area contributed by atoms with E-state index in [1.807, 2.05) is 37.3 Å². The minimum absolute atomic E-state index is 0.0651. The molecule has 0 N–H and O–H groups in total. The number of para-hydroxylation sites is 1. The van der Waals surface area contributed by atoms with Gasteiger partial charge in [0.1, 0.15) is 5.75 Å². The summed E-state index contributed by atoms with van der Waals surface area (Å²) in [6, 6.07) is 12.9. The Balaban J connectivity index is 2.24. The van der Waals surface area contributed by atoms with Crippen LogP contribution in [0.5, 0.6) is 17.2 Å². The van der Waals surface area contributed by atoms with Gasteiger partial charge in [-0.1, -0.05) is 18.2 Å². The van der Waals surface area contributed by atoms with Crippen molar-refractivity contribution >= 4 is 5.91 Å². The summed E-state index contributed by atoms with van der Waals surface area (Å²) in [4.78, 5) is 14.6. The molecule has 0 heterocycles. The van der Waals surface area contributed by atoms with Gasteiger partial charge in [-0.05, 0) is 36.8 Å². The molecule has 0 saturated carbocycles. The normalized spacial score (nSPS) is 10.2. The standard InChI is InChI=1S/C19H23NO4/c1-5-20(19(21)15-8-6-7-9-16(15)22-2)13-14-10-11-17(23-3)18(12-14)24-4/h6-12H,5,13H2,1-4H3. The predicted molar refractivity (Wildman–Crippen MR) is 93.0 cm³/mol. The highest BCUT2D eigenvalue weighted by Crippen LogP contribution is 2.28. The molecule has 0 aliphatic heterocycles. The number of methoxy groups -OCH3 is 3. The Bertz CT molecular complexity index is 700. The number of amides is 1. The summed E-state index contributed by atoms with van der Waals surface area (Å²) in [6.45, 7) is 3.02. The Hall–Kier alpha value is -2.69. The summed E-state index contributed by atoms with van der Waals surface area (Å²) < 4.78 is 15.9. The van der Waals surface area contributed by atoms with Gasteiger partial charge in [-0.15, -0.1) is 0 Å². The maximum atomic E-state index is 12.8. The van der Waals surface area contributed by atoms with Gasteiger partial charge in [0, 0.05) is 13.1 Å². The summed E-state index contributed by atoms with van der Waals surface area (Å²) in [5.74, 6) is 1.83. The number of nitrogens with zero attached hydrogens (tertiary/aromatic N) is 1. The van der Waals surface area contributed by atoms with Crippen LogP contribution >= 0.6 is 0 Å². The number of ether oxygens (including phenoxy) is 3. The maximum absolute atomic E-state index is 12.8. The second kappa shape index (κ2) is 8.24. The van der Waals surface area contributed by atoms with Gasteiger partial charge in [0.15, 0.2) is 11.5 Å². The number of carbonyl (C=O) groups is 1. The van der Waals surface area contributed by atoms with Crippen LogP contribution in [0.4, 0.5) is 0 Å². The van der Waals surface area contributed by atoms with Crippen LogP contribution in [-0.2, 0) is 6.54 Å². The average Bonchev–Trinajstić information content (AvgIpc) is 2.65. The van der Waals surface area contributed by atoms with E-state index in [2.05, 4.69) is 0 Å². The molecule has 0 atom stereocenters. The van der Waals surface area contributed by atoms with Crippen molar-refractivity contribution in [1.82, 2.24) is 4.90 Å². The van der Waals surface area contributed by atoms with Crippen LogP contribution in [-0.4, -0.2) is 38.7 Å². The molecule has 1 amide bonds. The van der Waals surface area contributed by atoms with Crippen molar-refractivity contribution in [3.05, 3.63) is 53.6 Å². The summed E-state index contributed by atoms with van der Waals surface area (Å²) in [6.07, 6.45) is 0. The summed E-state index contributed by atoms with van der Waals surface area (Å²) in [5, 5.41) is 0. The Kier molecular flexibility index (Phi) is 6.07. The highest BCUT2D eigenvalue weighted by molar-refractivity contribution is 5.96. The molecule has 0 aliphatic carbocycles. The van der Waals surface area contributed by atoms with Crippen molar-refractivity contribution in [2.24, 2.45) is 0 Å². The zero-order chi connectivity index (χ0) is 17.5. The average molecular weight is 329 g/mol. The Morgan fingerprint density at radius 2 is 1.58 bits per heavy atom. The molecule has 24 heavy (non-hydrogen) atoms. The van der Waals surface area contributed by atoms with Gasteiger partial charge >= 0.3 is 0 Å². The third-order valence-electron chi connectivity index (χ3n) is 3.83. The summed E-state index contributed by atoms with van der Waals surface area (Å²) in [5.41, 5.74) is 1.53. The quantitative estimate of drug-likeness (QED) is 0.781. The van der Waals surface area contributed by atoms with Crippen LogP contribution in [0.1, 0.15) is 22.8 Å². The van der Waals surface area contributed by atoms with Gasteiger partial charge in [0.25, 0.3) is 5.91 Å². The number of rotatable bonds is 7. The van der Waals surface area contributed by atoms with Crippen LogP contribution in [0.3, 0.4) is 0 Å². The molecule has 0 saturated heterocycles. The van der Waals surface area contributed by atoms with Crippen LogP contribution in [0, 0.1) is 0 Å². The van der Waals surface area contributed by atoms with Crippen molar-refractivity contribution in [1.29, 1.82) is 0 Å². The van der Waals surface area contributed by atoms with Gasteiger partial charge in [0.05, 0.1) is 26.9 Å². The van der Waals surface area contributed by atoms with E-state index < -0.39 is 0 Å². The van der Waals surface area contributed by atoms with E-state index in [0.717, 1.165) is 5.56 Å². The molecule has 0 unspecified atom stereocenters. The third kappa shape index (κ3) is 3.79. The van der Waals surface area contributed by atoms with Gasteiger partial charge in [-0.25, -0.2) is 0 Å². The lowest BCUT2D eigenvalue weighted by atomic mass is 10.1. The van der Waals surface area contributed by atoms with E-state index in [9.17, 15) is 4.79 Å². The third-order valence-corrected chi connectivity index (χ3v) is 3.83. The molecule has 0 fully saturated rings. The summed E-state index contributed by atoms with van der Waals surface area (Å²) in [7, 11) is 4.76. The molecular formula is C19H23NO4. The molecule has 0 aromatic heterocycles. The second-order valence-corrected chi connectivity index (χ2v) is 5.21. The van der Waals surface area contributed by atoms with Crippen LogP contribution < -0.4 is 14.2 Å². The fraction of sp³-hybridized carbons (Fsp3) is 0.316. The molecule has 0 spiro atoms. The van der Waals surface area contributed by atoms with Crippen LogP contribution in [0.2, 0.25) is 0 Å². The van der Waals surface area contributed by atoms with Crippen molar-refractivity contribution in [3.63, 3.8) is 0 Å². The molecule has 128 valence electrons. The SMILES string of the molecule is CCN(Cc1ccc(OC)c(OC)c1)C(=O)c1ccccc1OC. The first kappa shape index (κ1) is 17.7. The monoisotopic (exact) mass is 329 g/mol. The van der Waals surface area contributed by atoms with E-state index in [1.54, 1.807) is 38.4 Å². The number of hydrogen-bond acceptors (Lipinski definition) is 4. The zero-order valence-corrected chi connectivity index (χ0v) is 14.5. The van der Waals surface area contributed by atoms with Crippen LogP contribution in [0.15, 0.2) is 42.5 Å². The zero-order valence-electron chi connectivity index (χ0n) is 14.5. The van der Waals surface area contributed by atoms with Crippen molar-refractivity contribution in [2.75, 3.05) is 27.9 Å². The highest BCUT2D eigenvalue weighted by atomic mass is 16.5. The van der Waals surface area contributed by atoms with Crippen molar-refractivity contribution in [3.8, 4) is 17.2 Å². The molecule has 2 rings (SSSR count). The van der Waals surface area contributed by atoms with E-state index in [-0.39, 0.29) is 5.91 Å². The fourth-order valence-electron chi connectivity index (χ4n) is 2.52. The van der Waals surface area contributed by atoms with Gasteiger partial charge < -0.3 is 19.1 Å². The number of carbonyl (C=O) groups excluding carboxylic acids is 1. The van der Waals surface area contributed by atoms with Crippen molar-refractivity contribution in [2.45, 2.75) is 13.5 Å². The van der Waals surface area contributed by atoms with Crippen LogP contribution in [0.25, 0.3) is 0 Å². The fourth-order valence-corrected chi connectivity index (χ4v) is 2.52. The lowest BCUT2D eigenvalue weighted by Crippen LogP contribution is -2.30. The molecule has 5 nitrogen and oxygen atoms in total. The molecule has 5 heteroatoms. The second-order valence-electron chi connectivity index (χ2n) is 5.21. The number of hydrogen-bond donors (Lipinski definition) is 0. The molecule has 0 bridgehead atoms. The molecule has 0 aliphatic rings. The first-order valence-electron chi connectivity index (χ1n) is 7.77. The first-order valence-corrected chi connectivity index (χ1v) is 7.77. The topological polar surface area (TPSA) is 48.0 Å².